The number of H-pyrrole nitrogens is 1. The van der Waals surface area contributed by atoms with Crippen LogP contribution in [0.4, 0.5) is 9.59 Å². The van der Waals surface area contributed by atoms with Crippen molar-refractivity contribution in [2.45, 2.75) is 38.6 Å². The Labute approximate surface area is 323 Å². The number of nitrogens with one attached hydrogen (secondary N) is 3. The summed E-state index contributed by atoms with van der Waals surface area (Å²) in [6, 6.07) is 15.2. The number of hydrogen-bond acceptors (Lipinski definition) is 10. The van der Waals surface area contributed by atoms with Crippen LogP contribution < -0.4 is 20.9 Å². The van der Waals surface area contributed by atoms with Crippen molar-refractivity contribution in [3.63, 3.8) is 0 Å². The van der Waals surface area contributed by atoms with Gasteiger partial charge in [-0.25, -0.2) is 19.4 Å². The molecule has 0 bridgehead atoms. The van der Waals surface area contributed by atoms with Gasteiger partial charge in [0.25, 0.3) is 5.56 Å². The van der Waals surface area contributed by atoms with Crippen molar-refractivity contribution < 1.29 is 38.9 Å². The maximum atomic E-state index is 13.5. The second-order valence-electron chi connectivity index (χ2n) is 13.6. The smallest absolute Gasteiger partial charge is 0.415 e. The highest BCUT2D eigenvalue weighted by Gasteiger charge is 2.60. The molecule has 5 N–H and O–H groups in total. The molecule has 5 atom stereocenters. The molecule has 2 fully saturated rings. The van der Waals surface area contributed by atoms with Crippen LogP contribution in [0.2, 0.25) is 10.0 Å². The summed E-state index contributed by atoms with van der Waals surface area (Å²) >= 11 is 12.3. The normalized spacial score (nSPS) is 21.2. The van der Waals surface area contributed by atoms with Gasteiger partial charge in [0.15, 0.2) is 0 Å². The number of rotatable bonds is 9. The molecular weight excluding hydrogens is 755 g/mol. The lowest BCUT2D eigenvalue weighted by Crippen LogP contribution is -2.63. The first kappa shape index (κ1) is 37.8. The van der Waals surface area contributed by atoms with Gasteiger partial charge in [-0.3, -0.25) is 9.59 Å². The molecule has 55 heavy (non-hydrogen) atoms. The molecule has 17 heteroatoms. The second-order valence-corrected chi connectivity index (χ2v) is 14.5. The van der Waals surface area contributed by atoms with Gasteiger partial charge in [0.1, 0.15) is 23.9 Å². The molecule has 2 saturated heterocycles. The number of aliphatic carboxylic acids is 1. The number of carbonyl (C=O) groups is 4. The molecule has 0 radical (unpaired) electrons. The Morgan fingerprint density at radius 2 is 1.78 bits per heavy atom. The number of aromatic nitrogens is 2. The molecule has 15 nitrogen and oxygen atoms in total. The molecule has 1 aromatic heterocycles. The van der Waals surface area contributed by atoms with Crippen LogP contribution in [0.25, 0.3) is 27.9 Å². The van der Waals surface area contributed by atoms with Crippen molar-refractivity contribution in [3.05, 3.63) is 97.9 Å². The number of ether oxygens (including phenoxy) is 2. The maximum absolute atomic E-state index is 13.5. The van der Waals surface area contributed by atoms with Gasteiger partial charge in [-0.15, -0.1) is 0 Å². The average Bonchev–Trinajstić information content (AvgIpc) is 3.42. The molecule has 0 spiro atoms. The lowest BCUT2D eigenvalue weighted by molar-refractivity contribution is -0.163. The van der Waals surface area contributed by atoms with Gasteiger partial charge >= 0.3 is 18.2 Å². The molecule has 3 aliphatic heterocycles. The van der Waals surface area contributed by atoms with Crippen molar-refractivity contribution >= 4 is 63.7 Å². The molecule has 7 rings (SSSR count). The largest absolute Gasteiger partial charge is 0.477 e. The summed E-state index contributed by atoms with van der Waals surface area (Å²) in [6.45, 7) is 4.46. The molecule has 4 heterocycles. The highest BCUT2D eigenvalue weighted by Crippen LogP contribution is 2.50. The highest BCUT2D eigenvalue weighted by atomic mass is 35.5. The van der Waals surface area contributed by atoms with Crippen LogP contribution in [-0.2, 0) is 20.9 Å². The summed E-state index contributed by atoms with van der Waals surface area (Å²) in [6.07, 6.45) is -2.31. The molecule has 3 aromatic carbocycles. The van der Waals surface area contributed by atoms with E-state index in [4.69, 9.17) is 32.7 Å². The van der Waals surface area contributed by atoms with Gasteiger partial charge in [-0.2, -0.15) is 0 Å². The number of aliphatic hydroxyl groups is 1. The zero-order chi connectivity index (χ0) is 39.1. The third-order valence-electron chi connectivity index (χ3n) is 10.1. The number of benzene rings is 3. The minimum atomic E-state index is -1.22. The zero-order valence-corrected chi connectivity index (χ0v) is 31.1. The van der Waals surface area contributed by atoms with Crippen LogP contribution in [0.5, 0.6) is 5.75 Å². The Balaban J connectivity index is 0.973. The fourth-order valence-electron chi connectivity index (χ4n) is 7.48. The fraction of sp³-hybridized carbons (Fsp3) is 0.316. The van der Waals surface area contributed by atoms with Gasteiger partial charge in [0.2, 0.25) is 5.91 Å². The SMILES string of the molecule is CC(O)C1C(=O)N2C(C(=O)O)=C(c3ccc(COC(=O)NCC4CNCCN4C(=O)Oc4ccc(Cl)cc4-c4nc5ccc(Cl)cc5c(=O)[nH]4)cc3)C(C)C12. The minimum Gasteiger partial charge on any atom is -0.477 e. The highest BCUT2D eigenvalue weighted by molar-refractivity contribution is 6.31. The Morgan fingerprint density at radius 1 is 1.05 bits per heavy atom. The topological polar surface area (TPSA) is 203 Å². The van der Waals surface area contributed by atoms with E-state index in [9.17, 15) is 34.2 Å². The number of piperazine rings is 1. The van der Waals surface area contributed by atoms with Gasteiger partial charge in [-0.05, 0) is 60.0 Å². The number of aliphatic hydroxyl groups excluding tert-OH is 1. The minimum absolute atomic E-state index is 0.0449. The number of β-lactam (4-membered cyclic amide) rings is 1. The van der Waals surface area contributed by atoms with Gasteiger partial charge in [0, 0.05) is 42.1 Å². The van der Waals surface area contributed by atoms with E-state index in [2.05, 4.69) is 20.6 Å². The fourth-order valence-corrected chi connectivity index (χ4v) is 7.83. The van der Waals surface area contributed by atoms with E-state index >= 15 is 0 Å². The number of fused-ring (bicyclic) bond motifs is 2. The van der Waals surface area contributed by atoms with Crippen molar-refractivity contribution in [1.82, 2.24) is 30.4 Å². The van der Waals surface area contributed by atoms with Gasteiger partial charge < -0.3 is 45.1 Å². The number of carboxylic acids is 1. The van der Waals surface area contributed by atoms with E-state index in [0.29, 0.717) is 50.7 Å². The van der Waals surface area contributed by atoms with E-state index in [-0.39, 0.29) is 48.4 Å². The summed E-state index contributed by atoms with van der Waals surface area (Å²) in [5.41, 5.74) is 1.91. The zero-order valence-electron chi connectivity index (χ0n) is 29.5. The maximum Gasteiger partial charge on any atom is 0.415 e. The van der Waals surface area contributed by atoms with Crippen LogP contribution >= 0.6 is 23.2 Å². The lowest BCUT2D eigenvalue weighted by Gasteiger charge is -2.46. The van der Waals surface area contributed by atoms with E-state index in [1.807, 2.05) is 6.92 Å². The van der Waals surface area contributed by atoms with E-state index in [1.54, 1.807) is 42.5 Å². The second kappa shape index (κ2) is 15.3. The van der Waals surface area contributed by atoms with Crippen molar-refractivity contribution in [3.8, 4) is 17.1 Å². The van der Waals surface area contributed by atoms with Crippen molar-refractivity contribution in [1.29, 1.82) is 0 Å². The predicted octanol–water partition coefficient (Wildman–Crippen LogP) is 4.25. The first-order chi connectivity index (χ1) is 26.3. The number of carbonyl (C=O) groups excluding carboxylic acids is 3. The number of halogens is 2. The molecule has 5 unspecified atom stereocenters. The quantitative estimate of drug-likeness (QED) is 0.152. The standard InChI is InChI=1S/C38H36Cl2N6O9/c1-18-29(32(36(50)51)46-31(18)30(19(2)47)35(46)49)21-5-3-20(4-6-21)17-54-37(52)42-16-24-15-41-11-12-45(24)38(53)55-28-10-8-23(40)14-26(28)33-43-27-9-7-22(39)13-25(27)34(48)44-33/h3-10,13-14,18-19,24,30-31,41,47H,11-12,15-17H2,1-2H3,(H,42,52)(H,50,51)(H,43,44,48). The van der Waals surface area contributed by atoms with Crippen molar-refractivity contribution in [2.24, 2.45) is 11.8 Å². The van der Waals surface area contributed by atoms with Crippen molar-refractivity contribution in [2.75, 3.05) is 26.2 Å². The molecule has 286 valence electrons. The van der Waals surface area contributed by atoms with Gasteiger partial charge in [-0.1, -0.05) is 54.4 Å². The number of aromatic amines is 1. The summed E-state index contributed by atoms with van der Waals surface area (Å²) in [5, 5.41) is 27.0. The van der Waals surface area contributed by atoms with E-state index in [1.165, 1.54) is 34.9 Å². The number of hydrogen-bond donors (Lipinski definition) is 5. The third kappa shape index (κ3) is 7.35. The van der Waals surface area contributed by atoms with Crippen LogP contribution in [0, 0.1) is 11.8 Å². The monoisotopic (exact) mass is 790 g/mol. The third-order valence-corrected chi connectivity index (χ3v) is 10.6. The molecule has 0 aliphatic carbocycles. The van der Waals surface area contributed by atoms with E-state index < -0.39 is 53.7 Å². The van der Waals surface area contributed by atoms with Gasteiger partial charge in [0.05, 0.1) is 40.6 Å². The predicted molar refractivity (Wildman–Crippen MR) is 201 cm³/mol. The summed E-state index contributed by atoms with van der Waals surface area (Å²) in [7, 11) is 0. The first-order valence-corrected chi connectivity index (χ1v) is 18.2. The lowest BCUT2D eigenvalue weighted by atomic mass is 9.77. The van der Waals surface area contributed by atoms with Crippen LogP contribution in [0.3, 0.4) is 0 Å². The summed E-state index contributed by atoms with van der Waals surface area (Å²) < 4.78 is 11.3. The average molecular weight is 792 g/mol. The van der Waals surface area contributed by atoms with Crippen LogP contribution in [0.1, 0.15) is 25.0 Å². The number of nitrogens with zero attached hydrogens (tertiary/aromatic N) is 3. The summed E-state index contributed by atoms with van der Waals surface area (Å²) in [5.74, 6) is -2.36. The number of carboxylic acid groups (broad SMARTS) is 1. The first-order valence-electron chi connectivity index (χ1n) is 17.5. The van der Waals surface area contributed by atoms with E-state index in [0.717, 1.165) is 0 Å². The van der Waals surface area contributed by atoms with Crippen LogP contribution in [0.15, 0.2) is 71.2 Å². The Hall–Kier alpha value is -5.48. The van der Waals surface area contributed by atoms with Crippen LogP contribution in [-0.4, -0.2) is 98.4 Å². The Morgan fingerprint density at radius 3 is 2.51 bits per heavy atom. The molecule has 4 aromatic rings. The molecular formula is C38H36Cl2N6O9. The number of amides is 3. The molecule has 3 amide bonds. The molecule has 0 saturated carbocycles. The Kier molecular flexibility index (Phi) is 10.5. The Bertz CT molecular complexity index is 2300. The molecule has 3 aliphatic rings. The number of alkyl carbamates (subject to hydrolysis) is 1. The summed E-state index contributed by atoms with van der Waals surface area (Å²) in [4.78, 5) is 74.0.